The Morgan fingerprint density at radius 1 is 1.17 bits per heavy atom. The number of aromatic nitrogens is 3. The molecule has 1 amide bonds. The van der Waals surface area contributed by atoms with Crippen LogP contribution in [0.5, 0.6) is 0 Å². The zero-order chi connectivity index (χ0) is 21.3. The SMILES string of the molecule is Cc1nc(N)c2nc(CC3CC3)n(CCOCCN(C)C(=O)C3CCCC3)c2c1C. The summed E-state index contributed by atoms with van der Waals surface area (Å²) in [5, 5.41) is 0. The minimum atomic E-state index is 0.225. The topological polar surface area (TPSA) is 86.3 Å². The number of amides is 1. The van der Waals surface area contributed by atoms with E-state index in [9.17, 15) is 4.79 Å². The number of imidazole rings is 1. The molecular formula is C23H35N5O2. The number of carbonyl (C=O) groups excluding carboxylic acids is 1. The van der Waals surface area contributed by atoms with Gasteiger partial charge >= 0.3 is 0 Å². The van der Waals surface area contributed by atoms with Crippen LogP contribution in [0.3, 0.4) is 0 Å². The summed E-state index contributed by atoms with van der Waals surface area (Å²) in [6.07, 6.45) is 8.00. The molecule has 2 saturated carbocycles. The van der Waals surface area contributed by atoms with Gasteiger partial charge in [0, 0.05) is 38.2 Å². The minimum Gasteiger partial charge on any atom is -0.382 e. The third-order valence-electron chi connectivity index (χ3n) is 6.75. The van der Waals surface area contributed by atoms with Gasteiger partial charge in [0.1, 0.15) is 11.3 Å². The third-order valence-corrected chi connectivity index (χ3v) is 6.75. The Kier molecular flexibility index (Phi) is 6.27. The molecule has 4 rings (SSSR count). The van der Waals surface area contributed by atoms with Crippen molar-refractivity contribution >= 4 is 22.8 Å². The highest BCUT2D eigenvalue weighted by atomic mass is 16.5. The van der Waals surface area contributed by atoms with Crippen molar-refractivity contribution in [3.63, 3.8) is 0 Å². The second kappa shape index (κ2) is 8.92. The van der Waals surface area contributed by atoms with E-state index < -0.39 is 0 Å². The quantitative estimate of drug-likeness (QED) is 0.638. The molecule has 0 atom stereocenters. The molecule has 30 heavy (non-hydrogen) atoms. The zero-order valence-corrected chi connectivity index (χ0v) is 18.6. The summed E-state index contributed by atoms with van der Waals surface area (Å²) >= 11 is 0. The van der Waals surface area contributed by atoms with Crippen molar-refractivity contribution in [1.82, 2.24) is 19.4 Å². The Bertz CT molecular complexity index is 912. The van der Waals surface area contributed by atoms with E-state index in [-0.39, 0.29) is 11.8 Å². The number of hydrogen-bond acceptors (Lipinski definition) is 5. The van der Waals surface area contributed by atoms with E-state index in [2.05, 4.69) is 16.5 Å². The number of nitrogen functional groups attached to an aromatic ring is 1. The van der Waals surface area contributed by atoms with Crippen LogP contribution in [-0.4, -0.2) is 52.1 Å². The van der Waals surface area contributed by atoms with Crippen molar-refractivity contribution in [3.8, 4) is 0 Å². The van der Waals surface area contributed by atoms with Crippen molar-refractivity contribution < 1.29 is 9.53 Å². The van der Waals surface area contributed by atoms with E-state index in [1.54, 1.807) is 0 Å². The van der Waals surface area contributed by atoms with Crippen molar-refractivity contribution in [3.05, 3.63) is 17.1 Å². The fourth-order valence-electron chi connectivity index (χ4n) is 4.58. The molecule has 2 aromatic rings. The molecular weight excluding hydrogens is 378 g/mol. The maximum Gasteiger partial charge on any atom is 0.225 e. The van der Waals surface area contributed by atoms with Gasteiger partial charge in [-0.15, -0.1) is 0 Å². The second-order valence-electron chi connectivity index (χ2n) is 9.09. The van der Waals surface area contributed by atoms with Crippen LogP contribution in [0, 0.1) is 25.7 Å². The maximum absolute atomic E-state index is 12.4. The predicted molar refractivity (Wildman–Crippen MR) is 118 cm³/mol. The van der Waals surface area contributed by atoms with Crippen LogP contribution in [0.2, 0.25) is 0 Å². The number of likely N-dealkylation sites (N-methyl/N-ethyl adjacent to an activating group) is 1. The third kappa shape index (κ3) is 4.46. The summed E-state index contributed by atoms with van der Waals surface area (Å²) in [6.45, 7) is 6.62. The highest BCUT2D eigenvalue weighted by Gasteiger charge is 2.27. The normalized spacial score (nSPS) is 17.2. The Balaban J connectivity index is 1.37. The number of nitrogens with zero attached hydrogens (tertiary/aromatic N) is 4. The summed E-state index contributed by atoms with van der Waals surface area (Å²) in [5.41, 5.74) is 10.2. The van der Waals surface area contributed by atoms with Crippen molar-refractivity contribution in [1.29, 1.82) is 0 Å². The Morgan fingerprint density at radius 2 is 1.90 bits per heavy atom. The van der Waals surface area contributed by atoms with Gasteiger partial charge in [-0.1, -0.05) is 12.8 Å². The molecule has 0 radical (unpaired) electrons. The fraction of sp³-hybridized carbons (Fsp3) is 0.696. The van der Waals surface area contributed by atoms with E-state index in [0.717, 1.165) is 59.8 Å². The van der Waals surface area contributed by atoms with Gasteiger partial charge in [-0.05, 0) is 51.0 Å². The first kappa shape index (κ1) is 21.1. The monoisotopic (exact) mass is 413 g/mol. The first-order valence-corrected chi connectivity index (χ1v) is 11.4. The average molecular weight is 414 g/mol. The summed E-state index contributed by atoms with van der Waals surface area (Å²) in [7, 11) is 1.89. The van der Waals surface area contributed by atoms with Gasteiger partial charge in [-0.25, -0.2) is 9.97 Å². The lowest BCUT2D eigenvalue weighted by atomic mass is 10.1. The highest BCUT2D eigenvalue weighted by molar-refractivity contribution is 5.88. The molecule has 2 aromatic heterocycles. The van der Waals surface area contributed by atoms with Gasteiger partial charge < -0.3 is 19.9 Å². The van der Waals surface area contributed by atoms with E-state index in [0.29, 0.717) is 25.6 Å². The summed E-state index contributed by atoms with van der Waals surface area (Å²) < 4.78 is 8.21. The number of rotatable bonds is 9. The number of hydrogen-bond donors (Lipinski definition) is 1. The number of carbonyl (C=O) groups is 1. The van der Waals surface area contributed by atoms with Gasteiger partial charge in [0.05, 0.1) is 18.7 Å². The molecule has 0 unspecified atom stereocenters. The van der Waals surface area contributed by atoms with Gasteiger partial charge in [0.15, 0.2) is 5.82 Å². The molecule has 2 heterocycles. The number of nitrogens with two attached hydrogens (primary N) is 1. The number of aryl methyl sites for hydroxylation is 2. The molecule has 2 fully saturated rings. The summed E-state index contributed by atoms with van der Waals surface area (Å²) in [6, 6.07) is 0. The van der Waals surface area contributed by atoms with Gasteiger partial charge in [-0.2, -0.15) is 0 Å². The smallest absolute Gasteiger partial charge is 0.225 e. The van der Waals surface area contributed by atoms with Crippen LogP contribution in [0.1, 0.15) is 55.6 Å². The molecule has 7 heteroatoms. The Hall–Kier alpha value is -2.15. The largest absolute Gasteiger partial charge is 0.382 e. The predicted octanol–water partition coefficient (Wildman–Crippen LogP) is 3.25. The molecule has 0 aliphatic heterocycles. The van der Waals surface area contributed by atoms with E-state index >= 15 is 0 Å². The second-order valence-corrected chi connectivity index (χ2v) is 9.09. The van der Waals surface area contributed by atoms with Crippen LogP contribution in [-0.2, 0) is 22.5 Å². The number of ether oxygens (including phenoxy) is 1. The highest BCUT2D eigenvalue weighted by Crippen LogP contribution is 2.34. The number of anilines is 1. The lowest BCUT2D eigenvalue weighted by molar-refractivity contribution is -0.134. The molecule has 7 nitrogen and oxygen atoms in total. The molecule has 2 N–H and O–H groups in total. The summed E-state index contributed by atoms with van der Waals surface area (Å²) in [4.78, 5) is 23.6. The van der Waals surface area contributed by atoms with Crippen LogP contribution in [0.15, 0.2) is 0 Å². The fourth-order valence-corrected chi connectivity index (χ4v) is 4.58. The Morgan fingerprint density at radius 3 is 2.60 bits per heavy atom. The van der Waals surface area contributed by atoms with Gasteiger partial charge in [-0.3, -0.25) is 4.79 Å². The molecule has 0 spiro atoms. The van der Waals surface area contributed by atoms with Crippen LogP contribution < -0.4 is 5.73 Å². The van der Waals surface area contributed by atoms with E-state index in [1.807, 2.05) is 18.9 Å². The number of pyridine rings is 1. The van der Waals surface area contributed by atoms with Crippen molar-refractivity contribution in [2.24, 2.45) is 11.8 Å². The van der Waals surface area contributed by atoms with E-state index in [4.69, 9.17) is 15.5 Å². The number of fused-ring (bicyclic) bond motifs is 1. The molecule has 164 valence electrons. The molecule has 2 aliphatic rings. The van der Waals surface area contributed by atoms with Gasteiger partial charge in [0.2, 0.25) is 5.91 Å². The maximum atomic E-state index is 12.4. The standard InChI is InChI=1S/C23H35N5O2/c1-15-16(2)25-22(24)20-21(15)28(19(26-20)14-17-8-9-17)11-13-30-12-10-27(3)23(29)18-6-4-5-7-18/h17-18H,4-14H2,1-3H3,(H2,24,25). The molecule has 0 bridgehead atoms. The molecule has 0 aromatic carbocycles. The molecule has 2 aliphatic carbocycles. The van der Waals surface area contributed by atoms with Crippen LogP contribution in [0.25, 0.3) is 11.0 Å². The minimum absolute atomic E-state index is 0.225. The van der Waals surface area contributed by atoms with Crippen LogP contribution in [0.4, 0.5) is 5.82 Å². The molecule has 0 saturated heterocycles. The lowest BCUT2D eigenvalue weighted by Gasteiger charge is -2.21. The van der Waals surface area contributed by atoms with Gasteiger partial charge in [0.25, 0.3) is 0 Å². The first-order chi connectivity index (χ1) is 14.5. The zero-order valence-electron chi connectivity index (χ0n) is 18.6. The van der Waals surface area contributed by atoms with Crippen LogP contribution >= 0.6 is 0 Å². The Labute approximate surface area is 179 Å². The van der Waals surface area contributed by atoms with E-state index in [1.165, 1.54) is 25.7 Å². The summed E-state index contributed by atoms with van der Waals surface area (Å²) in [5.74, 6) is 2.84. The lowest BCUT2D eigenvalue weighted by Crippen LogP contribution is -2.34. The first-order valence-electron chi connectivity index (χ1n) is 11.4. The average Bonchev–Trinajstić information content (AvgIpc) is 3.23. The van der Waals surface area contributed by atoms with Crippen molar-refractivity contribution in [2.45, 2.75) is 65.3 Å². The van der Waals surface area contributed by atoms with Crippen molar-refractivity contribution in [2.75, 3.05) is 32.5 Å².